The van der Waals surface area contributed by atoms with Crippen molar-refractivity contribution in [1.29, 1.82) is 5.26 Å². The molecule has 0 spiro atoms. The van der Waals surface area contributed by atoms with Gasteiger partial charge in [0.2, 0.25) is 5.91 Å². The van der Waals surface area contributed by atoms with E-state index in [9.17, 15) is 4.79 Å². The highest BCUT2D eigenvalue weighted by Gasteiger charge is 2.19. The van der Waals surface area contributed by atoms with Crippen LogP contribution in [-0.4, -0.2) is 30.2 Å². The second kappa shape index (κ2) is 9.72. The molecule has 1 amide bonds. The van der Waals surface area contributed by atoms with Gasteiger partial charge in [-0.05, 0) is 24.7 Å². The number of amides is 1. The van der Waals surface area contributed by atoms with Gasteiger partial charge in [-0.3, -0.25) is 4.79 Å². The zero-order chi connectivity index (χ0) is 15.5. The normalized spacial score (nSPS) is 11.0. The van der Waals surface area contributed by atoms with E-state index in [4.69, 9.17) is 17.5 Å². The summed E-state index contributed by atoms with van der Waals surface area (Å²) in [6.45, 7) is 2.98. The van der Waals surface area contributed by atoms with Crippen LogP contribution in [0.15, 0.2) is 30.3 Å². The number of thiocarbonyl (C=S) groups is 1. The molecule has 0 fully saturated rings. The van der Waals surface area contributed by atoms with E-state index in [0.29, 0.717) is 31.0 Å². The molecule has 0 radical (unpaired) electrons. The molecule has 0 aliphatic heterocycles. The van der Waals surface area contributed by atoms with Crippen LogP contribution in [-0.2, 0) is 11.2 Å². The number of rotatable bonds is 7. The van der Waals surface area contributed by atoms with Crippen LogP contribution in [0, 0.1) is 11.3 Å². The molecule has 21 heavy (non-hydrogen) atoms. The van der Waals surface area contributed by atoms with Crippen LogP contribution in [0.2, 0.25) is 0 Å². The lowest BCUT2D eigenvalue weighted by molar-refractivity contribution is -0.122. The second-order valence-electron chi connectivity index (χ2n) is 4.45. The maximum absolute atomic E-state index is 12.2. The van der Waals surface area contributed by atoms with E-state index in [-0.39, 0.29) is 5.91 Å². The first kappa shape index (κ1) is 16.9. The summed E-state index contributed by atoms with van der Waals surface area (Å²) in [6, 6.07) is 11.3. The van der Waals surface area contributed by atoms with Gasteiger partial charge in [-0.2, -0.15) is 5.26 Å². The number of hydrogen-bond acceptors (Lipinski definition) is 3. The van der Waals surface area contributed by atoms with E-state index in [1.54, 1.807) is 0 Å². The van der Waals surface area contributed by atoms with Gasteiger partial charge in [-0.15, -0.1) is 0 Å². The molecule has 0 heterocycles. The average molecular weight is 304 g/mol. The number of carbonyl (C=O) groups excluding carboxylic acids is 1. The molecule has 1 aromatic rings. The predicted molar refractivity (Wildman–Crippen MR) is 86.6 cm³/mol. The molecule has 0 aliphatic rings. The minimum absolute atomic E-state index is 0.158. The van der Waals surface area contributed by atoms with Crippen molar-refractivity contribution in [1.82, 2.24) is 16.0 Å². The zero-order valence-corrected chi connectivity index (χ0v) is 12.9. The maximum Gasteiger partial charge on any atom is 0.242 e. The monoisotopic (exact) mass is 304 g/mol. The molecule has 0 saturated carbocycles. The van der Waals surface area contributed by atoms with Gasteiger partial charge in [0.15, 0.2) is 5.11 Å². The van der Waals surface area contributed by atoms with E-state index in [2.05, 4.69) is 16.0 Å². The highest BCUT2D eigenvalue weighted by molar-refractivity contribution is 7.80. The fourth-order valence-electron chi connectivity index (χ4n) is 1.79. The molecule has 112 valence electrons. The summed E-state index contributed by atoms with van der Waals surface area (Å²) in [5.74, 6) is -0.158. The smallest absolute Gasteiger partial charge is 0.242 e. The topological polar surface area (TPSA) is 76.9 Å². The van der Waals surface area contributed by atoms with Crippen molar-refractivity contribution < 1.29 is 4.79 Å². The molecule has 0 bridgehead atoms. The third-order valence-corrected chi connectivity index (χ3v) is 3.04. The standard InChI is InChI=1S/C15H20N4OS/c1-2-17-15(21)19-13(14(20)18-10-6-9-16)11-12-7-4-3-5-8-12/h3-5,7-8,13H,2,6,10-11H2,1H3,(H,18,20)(H2,17,19,21). The Morgan fingerprint density at radius 2 is 2.05 bits per heavy atom. The molecule has 6 heteroatoms. The minimum atomic E-state index is -0.461. The number of carbonyl (C=O) groups is 1. The molecule has 0 aromatic heterocycles. The van der Waals surface area contributed by atoms with E-state index in [1.165, 1.54) is 0 Å². The van der Waals surface area contributed by atoms with Crippen LogP contribution in [0.5, 0.6) is 0 Å². The van der Waals surface area contributed by atoms with Gasteiger partial charge in [0.1, 0.15) is 6.04 Å². The Morgan fingerprint density at radius 3 is 2.67 bits per heavy atom. The van der Waals surface area contributed by atoms with Gasteiger partial charge in [-0.25, -0.2) is 0 Å². The first-order valence-corrected chi connectivity index (χ1v) is 7.31. The predicted octanol–water partition coefficient (Wildman–Crippen LogP) is 1.11. The molecular formula is C15H20N4OS. The quantitative estimate of drug-likeness (QED) is 0.520. The summed E-state index contributed by atoms with van der Waals surface area (Å²) in [4.78, 5) is 12.2. The second-order valence-corrected chi connectivity index (χ2v) is 4.85. The highest BCUT2D eigenvalue weighted by atomic mass is 32.1. The summed E-state index contributed by atoms with van der Waals surface area (Å²) in [5.41, 5.74) is 1.05. The largest absolute Gasteiger partial charge is 0.363 e. The number of nitriles is 1. The van der Waals surface area contributed by atoms with E-state index in [1.807, 2.05) is 43.3 Å². The Morgan fingerprint density at radius 1 is 1.33 bits per heavy atom. The van der Waals surface area contributed by atoms with Crippen molar-refractivity contribution in [3.8, 4) is 6.07 Å². The Kier molecular flexibility index (Phi) is 7.84. The van der Waals surface area contributed by atoms with Crippen LogP contribution in [0.1, 0.15) is 18.9 Å². The van der Waals surface area contributed by atoms with Crippen molar-refractivity contribution in [2.24, 2.45) is 0 Å². The maximum atomic E-state index is 12.2. The molecule has 1 atom stereocenters. The summed E-state index contributed by atoms with van der Waals surface area (Å²) in [6.07, 6.45) is 0.826. The van der Waals surface area contributed by atoms with Crippen LogP contribution < -0.4 is 16.0 Å². The van der Waals surface area contributed by atoms with Crippen LogP contribution >= 0.6 is 12.2 Å². The van der Waals surface area contributed by atoms with E-state index < -0.39 is 6.04 Å². The SMILES string of the molecule is CCNC(=S)NC(Cc1ccccc1)C(=O)NCCC#N. The van der Waals surface area contributed by atoms with Crippen molar-refractivity contribution in [3.05, 3.63) is 35.9 Å². The third kappa shape index (κ3) is 6.72. The summed E-state index contributed by atoms with van der Waals surface area (Å²) in [7, 11) is 0. The van der Waals surface area contributed by atoms with Crippen LogP contribution in [0.4, 0.5) is 0 Å². The lowest BCUT2D eigenvalue weighted by Gasteiger charge is -2.20. The minimum Gasteiger partial charge on any atom is -0.363 e. The van der Waals surface area contributed by atoms with Gasteiger partial charge in [0.05, 0.1) is 12.5 Å². The molecule has 0 aliphatic carbocycles. The number of hydrogen-bond donors (Lipinski definition) is 3. The Hall–Kier alpha value is -2.13. The summed E-state index contributed by atoms with van der Waals surface area (Å²) >= 11 is 5.15. The summed E-state index contributed by atoms with van der Waals surface area (Å²) < 4.78 is 0. The molecule has 1 rings (SSSR count). The lowest BCUT2D eigenvalue weighted by Crippen LogP contribution is -2.51. The molecule has 1 aromatic carbocycles. The van der Waals surface area contributed by atoms with Crippen molar-refractivity contribution >= 4 is 23.2 Å². The van der Waals surface area contributed by atoms with Crippen molar-refractivity contribution in [2.75, 3.05) is 13.1 Å². The fourth-order valence-corrected chi connectivity index (χ4v) is 2.08. The molecule has 0 saturated heterocycles. The van der Waals surface area contributed by atoms with Gasteiger partial charge < -0.3 is 16.0 Å². The Labute approximate surface area is 130 Å². The highest BCUT2D eigenvalue weighted by Crippen LogP contribution is 2.03. The molecular weight excluding hydrogens is 284 g/mol. The van der Waals surface area contributed by atoms with Gasteiger partial charge >= 0.3 is 0 Å². The van der Waals surface area contributed by atoms with Crippen molar-refractivity contribution in [2.45, 2.75) is 25.8 Å². The van der Waals surface area contributed by atoms with Crippen molar-refractivity contribution in [3.63, 3.8) is 0 Å². The Balaban J connectivity index is 2.67. The third-order valence-electron chi connectivity index (χ3n) is 2.78. The van der Waals surface area contributed by atoms with Crippen LogP contribution in [0.25, 0.3) is 0 Å². The van der Waals surface area contributed by atoms with Gasteiger partial charge in [0, 0.05) is 19.5 Å². The number of nitrogens with zero attached hydrogens (tertiary/aromatic N) is 1. The fraction of sp³-hybridized carbons (Fsp3) is 0.400. The molecule has 1 unspecified atom stereocenters. The van der Waals surface area contributed by atoms with E-state index in [0.717, 1.165) is 5.56 Å². The summed E-state index contributed by atoms with van der Waals surface area (Å²) in [5, 5.41) is 17.7. The first-order chi connectivity index (χ1) is 10.2. The van der Waals surface area contributed by atoms with E-state index >= 15 is 0 Å². The van der Waals surface area contributed by atoms with Gasteiger partial charge in [-0.1, -0.05) is 30.3 Å². The van der Waals surface area contributed by atoms with Gasteiger partial charge in [0.25, 0.3) is 0 Å². The lowest BCUT2D eigenvalue weighted by atomic mass is 10.1. The first-order valence-electron chi connectivity index (χ1n) is 6.90. The Bertz CT molecular complexity index is 498. The molecule has 5 nitrogen and oxygen atoms in total. The van der Waals surface area contributed by atoms with Crippen LogP contribution in [0.3, 0.4) is 0 Å². The molecule has 3 N–H and O–H groups in total. The zero-order valence-electron chi connectivity index (χ0n) is 12.1. The number of benzene rings is 1. The average Bonchev–Trinajstić information content (AvgIpc) is 2.48. The number of nitrogens with one attached hydrogen (secondary N) is 3.